The summed E-state index contributed by atoms with van der Waals surface area (Å²) in [6.45, 7) is 0. The van der Waals surface area contributed by atoms with Gasteiger partial charge < -0.3 is 4.42 Å². The van der Waals surface area contributed by atoms with Crippen LogP contribution in [0.15, 0.2) is 93.1 Å². The highest BCUT2D eigenvalue weighted by molar-refractivity contribution is 9.10. The van der Waals surface area contributed by atoms with E-state index in [1.165, 1.54) is 22.6 Å². The Balaban J connectivity index is 1.59. The van der Waals surface area contributed by atoms with E-state index in [-0.39, 0.29) is 5.91 Å². The highest BCUT2D eigenvalue weighted by Gasteiger charge is 2.21. The summed E-state index contributed by atoms with van der Waals surface area (Å²) in [5.41, 5.74) is 1.34. The first-order chi connectivity index (χ1) is 14.7. The molecule has 2 aromatic heterocycles. The number of rotatable bonds is 4. The number of aromatic nitrogens is 1. The second-order valence-corrected chi connectivity index (χ2v) is 8.47. The monoisotopic (exact) mass is 475 g/mol. The van der Waals surface area contributed by atoms with Crippen LogP contribution in [0.5, 0.6) is 0 Å². The number of halogens is 1. The quantitative estimate of drug-likeness (QED) is 0.220. The van der Waals surface area contributed by atoms with Crippen LogP contribution in [-0.4, -0.2) is 17.1 Å². The SMILES string of the molecule is O=C(c1ccc2ccccc2c1)N(/N=C/c1ccco1)c1nc2ccc(Br)cc2s1. The molecule has 0 saturated carbocycles. The van der Waals surface area contributed by atoms with E-state index in [0.29, 0.717) is 16.5 Å². The zero-order valence-corrected chi connectivity index (χ0v) is 17.9. The van der Waals surface area contributed by atoms with E-state index in [1.807, 2.05) is 60.7 Å². The number of amides is 1. The van der Waals surface area contributed by atoms with E-state index >= 15 is 0 Å². The van der Waals surface area contributed by atoms with Crippen molar-refractivity contribution in [1.82, 2.24) is 4.98 Å². The van der Waals surface area contributed by atoms with Crippen molar-refractivity contribution in [1.29, 1.82) is 0 Å². The molecule has 0 unspecified atom stereocenters. The summed E-state index contributed by atoms with van der Waals surface area (Å²) >= 11 is 4.88. The predicted octanol–water partition coefficient (Wildman–Crippen LogP) is 6.49. The second kappa shape index (κ2) is 7.85. The van der Waals surface area contributed by atoms with Crippen LogP contribution in [-0.2, 0) is 0 Å². The summed E-state index contributed by atoms with van der Waals surface area (Å²) in [6, 6.07) is 22.9. The highest BCUT2D eigenvalue weighted by Crippen LogP contribution is 2.32. The van der Waals surface area contributed by atoms with Gasteiger partial charge in [-0.25, -0.2) is 4.98 Å². The van der Waals surface area contributed by atoms with Crippen molar-refractivity contribution in [2.24, 2.45) is 5.10 Å². The number of hydrazone groups is 1. The molecule has 7 heteroatoms. The maximum absolute atomic E-state index is 13.4. The van der Waals surface area contributed by atoms with E-state index in [4.69, 9.17) is 4.42 Å². The fourth-order valence-electron chi connectivity index (χ4n) is 3.09. The number of carbonyl (C=O) groups excluding carboxylic acids is 1. The molecule has 0 N–H and O–H groups in total. The van der Waals surface area contributed by atoms with Crippen molar-refractivity contribution in [3.63, 3.8) is 0 Å². The lowest BCUT2D eigenvalue weighted by atomic mass is 10.1. The molecule has 1 amide bonds. The summed E-state index contributed by atoms with van der Waals surface area (Å²) < 4.78 is 7.24. The summed E-state index contributed by atoms with van der Waals surface area (Å²) in [4.78, 5) is 18.1. The number of hydrogen-bond acceptors (Lipinski definition) is 5. The van der Waals surface area contributed by atoms with Crippen LogP contribution in [0.25, 0.3) is 21.0 Å². The molecule has 0 bridgehead atoms. The van der Waals surface area contributed by atoms with Crippen molar-refractivity contribution in [3.8, 4) is 0 Å². The fourth-order valence-corrected chi connectivity index (χ4v) is 4.56. The van der Waals surface area contributed by atoms with Gasteiger partial charge in [0.1, 0.15) is 5.76 Å². The standard InChI is InChI=1S/C23H14BrN3O2S/c24-18-9-10-20-21(13-18)30-23(26-20)27(25-14-19-6-3-11-29-19)22(28)17-8-7-15-4-1-2-5-16(15)12-17/h1-14H/b25-14+. The van der Waals surface area contributed by atoms with Gasteiger partial charge in [0.25, 0.3) is 5.91 Å². The number of hydrogen-bond donors (Lipinski definition) is 0. The van der Waals surface area contributed by atoms with Gasteiger partial charge >= 0.3 is 0 Å². The van der Waals surface area contributed by atoms with E-state index in [0.717, 1.165) is 25.5 Å². The predicted molar refractivity (Wildman–Crippen MR) is 124 cm³/mol. The molecule has 5 nitrogen and oxygen atoms in total. The van der Waals surface area contributed by atoms with Crippen molar-refractivity contribution in [3.05, 3.63) is 94.9 Å². The van der Waals surface area contributed by atoms with Crippen molar-refractivity contribution in [2.75, 3.05) is 5.01 Å². The lowest BCUT2D eigenvalue weighted by Crippen LogP contribution is -2.25. The van der Waals surface area contributed by atoms with Crippen molar-refractivity contribution < 1.29 is 9.21 Å². The molecule has 146 valence electrons. The van der Waals surface area contributed by atoms with Gasteiger partial charge in [-0.2, -0.15) is 10.1 Å². The third kappa shape index (κ3) is 3.65. The molecule has 2 heterocycles. The molecule has 0 fully saturated rings. The number of benzene rings is 3. The van der Waals surface area contributed by atoms with E-state index in [9.17, 15) is 4.79 Å². The number of furan rings is 1. The Kier molecular flexibility index (Phi) is 4.90. The topological polar surface area (TPSA) is 58.7 Å². The maximum Gasteiger partial charge on any atom is 0.280 e. The average Bonchev–Trinajstić information content (AvgIpc) is 3.43. The zero-order valence-electron chi connectivity index (χ0n) is 15.5. The van der Waals surface area contributed by atoms with Gasteiger partial charge in [0.2, 0.25) is 5.13 Å². The molecule has 0 saturated heterocycles. The van der Waals surface area contributed by atoms with Gasteiger partial charge in [-0.3, -0.25) is 4.79 Å². The van der Waals surface area contributed by atoms with Crippen LogP contribution in [0.3, 0.4) is 0 Å². The first kappa shape index (κ1) is 18.7. The molecule has 5 rings (SSSR count). The Morgan fingerprint density at radius 1 is 1.03 bits per heavy atom. The number of anilines is 1. The minimum atomic E-state index is -0.262. The molecule has 5 aromatic rings. The molecular weight excluding hydrogens is 462 g/mol. The molecule has 0 spiro atoms. The Hall–Kier alpha value is -3.29. The van der Waals surface area contributed by atoms with Crippen LogP contribution >= 0.6 is 27.3 Å². The van der Waals surface area contributed by atoms with Gasteiger partial charge in [0.05, 0.1) is 22.7 Å². The van der Waals surface area contributed by atoms with Crippen molar-refractivity contribution in [2.45, 2.75) is 0 Å². The smallest absolute Gasteiger partial charge is 0.280 e. The van der Waals surface area contributed by atoms with Gasteiger partial charge in [0, 0.05) is 10.0 Å². The first-order valence-electron chi connectivity index (χ1n) is 9.14. The van der Waals surface area contributed by atoms with Gasteiger partial charge in [-0.1, -0.05) is 57.6 Å². The average molecular weight is 476 g/mol. The van der Waals surface area contributed by atoms with Gasteiger partial charge in [0.15, 0.2) is 0 Å². The molecule has 0 atom stereocenters. The lowest BCUT2D eigenvalue weighted by Gasteiger charge is -2.14. The minimum Gasteiger partial charge on any atom is -0.463 e. The Labute approximate surface area is 184 Å². The largest absolute Gasteiger partial charge is 0.463 e. The lowest BCUT2D eigenvalue weighted by molar-refractivity contribution is 0.0988. The Bertz CT molecular complexity index is 1390. The summed E-state index contributed by atoms with van der Waals surface area (Å²) in [5, 5.41) is 8.29. The number of fused-ring (bicyclic) bond motifs is 2. The molecule has 3 aromatic carbocycles. The minimum absolute atomic E-state index is 0.262. The first-order valence-corrected chi connectivity index (χ1v) is 10.8. The molecule has 30 heavy (non-hydrogen) atoms. The molecule has 0 aliphatic carbocycles. The van der Waals surface area contributed by atoms with Crippen LogP contribution in [0.2, 0.25) is 0 Å². The van der Waals surface area contributed by atoms with E-state index in [2.05, 4.69) is 26.0 Å². The van der Waals surface area contributed by atoms with Crippen LogP contribution in [0.4, 0.5) is 5.13 Å². The summed E-state index contributed by atoms with van der Waals surface area (Å²) in [5.74, 6) is 0.289. The summed E-state index contributed by atoms with van der Waals surface area (Å²) in [7, 11) is 0. The summed E-state index contributed by atoms with van der Waals surface area (Å²) in [6.07, 6.45) is 3.08. The number of thiazole rings is 1. The zero-order chi connectivity index (χ0) is 20.5. The fraction of sp³-hybridized carbons (Fsp3) is 0. The van der Waals surface area contributed by atoms with Crippen LogP contribution in [0, 0.1) is 0 Å². The van der Waals surface area contributed by atoms with Gasteiger partial charge in [-0.05, 0) is 53.2 Å². The van der Waals surface area contributed by atoms with Gasteiger partial charge in [-0.15, -0.1) is 0 Å². The Morgan fingerprint density at radius 3 is 2.73 bits per heavy atom. The third-order valence-corrected chi connectivity index (χ3v) is 6.04. The maximum atomic E-state index is 13.4. The highest BCUT2D eigenvalue weighted by atomic mass is 79.9. The molecule has 0 aliphatic rings. The van der Waals surface area contributed by atoms with Crippen molar-refractivity contribution >= 4 is 65.5 Å². The Morgan fingerprint density at radius 2 is 1.90 bits per heavy atom. The van der Waals surface area contributed by atoms with Crippen LogP contribution < -0.4 is 5.01 Å². The van der Waals surface area contributed by atoms with E-state index < -0.39 is 0 Å². The number of carbonyl (C=O) groups is 1. The van der Waals surface area contributed by atoms with E-state index in [1.54, 1.807) is 18.4 Å². The van der Waals surface area contributed by atoms with Crippen LogP contribution in [0.1, 0.15) is 16.1 Å². The third-order valence-electron chi connectivity index (χ3n) is 4.55. The normalized spacial score (nSPS) is 11.5. The molecular formula is C23H14BrN3O2S. The second-order valence-electron chi connectivity index (χ2n) is 6.55. The molecule has 0 aliphatic heterocycles. The number of nitrogens with zero attached hydrogens (tertiary/aromatic N) is 3. The molecule has 0 radical (unpaired) electrons.